The smallest absolute Gasteiger partial charge is 0.373 e. The van der Waals surface area contributed by atoms with Gasteiger partial charge in [0.1, 0.15) is 0 Å². The van der Waals surface area contributed by atoms with E-state index in [9.17, 15) is 9.90 Å². The Morgan fingerprint density at radius 3 is 2.71 bits per heavy atom. The third-order valence-corrected chi connectivity index (χ3v) is 2.01. The molecule has 0 bridgehead atoms. The van der Waals surface area contributed by atoms with Crippen molar-refractivity contribution in [2.45, 2.75) is 19.4 Å². The standard InChI is InChI=1S/C10H12O4/c1-2-9(11)7-5-3-4-6-8(7)10(12)14-13/h3-6,9,11,13H,2H2,1H3. The fourth-order valence-corrected chi connectivity index (χ4v) is 1.24. The third kappa shape index (κ3) is 2.10. The predicted octanol–water partition coefficient (Wildman–Crippen LogP) is 1.76. The van der Waals surface area contributed by atoms with E-state index in [4.69, 9.17) is 5.26 Å². The molecule has 4 heteroatoms. The Balaban J connectivity index is 3.09. The van der Waals surface area contributed by atoms with Crippen molar-refractivity contribution in [2.24, 2.45) is 0 Å². The van der Waals surface area contributed by atoms with Crippen molar-refractivity contribution in [1.82, 2.24) is 0 Å². The number of carbonyl (C=O) groups is 1. The maximum absolute atomic E-state index is 11.1. The molecule has 1 atom stereocenters. The predicted molar refractivity (Wildman–Crippen MR) is 49.7 cm³/mol. The van der Waals surface area contributed by atoms with Crippen molar-refractivity contribution in [2.75, 3.05) is 0 Å². The van der Waals surface area contributed by atoms with Crippen LogP contribution in [0.2, 0.25) is 0 Å². The molecule has 0 aromatic heterocycles. The summed E-state index contributed by atoms with van der Waals surface area (Å²) in [6, 6.07) is 6.47. The summed E-state index contributed by atoms with van der Waals surface area (Å²) in [7, 11) is 0. The van der Waals surface area contributed by atoms with Gasteiger partial charge in [-0.05, 0) is 18.1 Å². The van der Waals surface area contributed by atoms with E-state index in [0.29, 0.717) is 12.0 Å². The Bertz CT molecular complexity index is 322. The van der Waals surface area contributed by atoms with Gasteiger partial charge >= 0.3 is 5.97 Å². The quantitative estimate of drug-likeness (QED) is 0.571. The number of hydrogen-bond donors (Lipinski definition) is 2. The van der Waals surface area contributed by atoms with Gasteiger partial charge in [-0.1, -0.05) is 25.1 Å². The molecule has 1 aromatic rings. The number of benzene rings is 1. The molecule has 0 aliphatic carbocycles. The molecular weight excluding hydrogens is 184 g/mol. The zero-order chi connectivity index (χ0) is 10.6. The highest BCUT2D eigenvalue weighted by Crippen LogP contribution is 2.20. The molecule has 76 valence electrons. The zero-order valence-corrected chi connectivity index (χ0v) is 7.80. The second kappa shape index (κ2) is 4.74. The van der Waals surface area contributed by atoms with Crippen molar-refractivity contribution >= 4 is 5.97 Å². The van der Waals surface area contributed by atoms with Crippen LogP contribution in [0, 0.1) is 0 Å². The molecule has 0 saturated carbocycles. The molecular formula is C10H12O4. The van der Waals surface area contributed by atoms with Gasteiger partial charge in [-0.3, -0.25) is 4.89 Å². The first-order chi connectivity index (χ1) is 6.70. The molecule has 0 spiro atoms. The first-order valence-electron chi connectivity index (χ1n) is 4.33. The highest BCUT2D eigenvalue weighted by Gasteiger charge is 2.16. The van der Waals surface area contributed by atoms with Gasteiger partial charge in [0, 0.05) is 0 Å². The molecule has 2 N–H and O–H groups in total. The van der Waals surface area contributed by atoms with Gasteiger partial charge in [0.05, 0.1) is 11.7 Å². The lowest BCUT2D eigenvalue weighted by molar-refractivity contribution is -0.183. The average molecular weight is 196 g/mol. The van der Waals surface area contributed by atoms with E-state index < -0.39 is 12.1 Å². The summed E-state index contributed by atoms with van der Waals surface area (Å²) >= 11 is 0. The van der Waals surface area contributed by atoms with Gasteiger partial charge in [-0.25, -0.2) is 4.79 Å². The van der Waals surface area contributed by atoms with Gasteiger partial charge in [0.15, 0.2) is 0 Å². The number of rotatable bonds is 3. The lowest BCUT2D eigenvalue weighted by Crippen LogP contribution is -2.08. The molecule has 0 amide bonds. The Labute approximate surface area is 81.7 Å². The number of aliphatic hydroxyl groups is 1. The topological polar surface area (TPSA) is 66.8 Å². The highest BCUT2D eigenvalue weighted by molar-refractivity contribution is 5.90. The Morgan fingerprint density at radius 2 is 2.14 bits per heavy atom. The second-order valence-corrected chi connectivity index (χ2v) is 2.89. The third-order valence-electron chi connectivity index (χ3n) is 2.01. The first kappa shape index (κ1) is 10.7. The zero-order valence-electron chi connectivity index (χ0n) is 7.80. The summed E-state index contributed by atoms with van der Waals surface area (Å²) < 4.78 is 0. The molecule has 0 aliphatic heterocycles. The summed E-state index contributed by atoms with van der Waals surface area (Å²) in [4.78, 5) is 14.7. The minimum atomic E-state index is -0.854. The van der Waals surface area contributed by atoms with Crippen LogP contribution in [0.4, 0.5) is 0 Å². The summed E-state index contributed by atoms with van der Waals surface area (Å²) in [6.45, 7) is 1.80. The van der Waals surface area contributed by atoms with Crippen LogP contribution in [0.3, 0.4) is 0 Å². The van der Waals surface area contributed by atoms with E-state index in [1.54, 1.807) is 25.1 Å². The summed E-state index contributed by atoms with van der Waals surface area (Å²) in [5, 5.41) is 17.8. The first-order valence-corrected chi connectivity index (χ1v) is 4.33. The van der Waals surface area contributed by atoms with Gasteiger partial charge in [0.2, 0.25) is 0 Å². The van der Waals surface area contributed by atoms with Crippen molar-refractivity contribution in [1.29, 1.82) is 0 Å². The normalized spacial score (nSPS) is 12.2. The van der Waals surface area contributed by atoms with E-state index in [1.807, 2.05) is 0 Å². The average Bonchev–Trinajstić information content (AvgIpc) is 2.27. The number of aliphatic hydroxyl groups excluding tert-OH is 1. The van der Waals surface area contributed by atoms with Crippen LogP contribution in [0.5, 0.6) is 0 Å². The molecule has 0 fully saturated rings. The molecule has 0 aliphatic rings. The fraction of sp³-hybridized carbons (Fsp3) is 0.300. The van der Waals surface area contributed by atoms with Crippen molar-refractivity contribution in [3.05, 3.63) is 35.4 Å². The highest BCUT2D eigenvalue weighted by atomic mass is 17.1. The fourth-order valence-electron chi connectivity index (χ4n) is 1.24. The van der Waals surface area contributed by atoms with Gasteiger partial charge in [-0.2, -0.15) is 5.26 Å². The van der Waals surface area contributed by atoms with Crippen LogP contribution in [-0.4, -0.2) is 16.3 Å². The molecule has 1 aromatic carbocycles. The van der Waals surface area contributed by atoms with Gasteiger partial charge in [-0.15, -0.1) is 0 Å². The summed E-state index contributed by atoms with van der Waals surface area (Å²) in [5.74, 6) is -0.854. The van der Waals surface area contributed by atoms with E-state index in [1.165, 1.54) is 6.07 Å². The molecule has 1 rings (SSSR count). The van der Waals surface area contributed by atoms with E-state index >= 15 is 0 Å². The molecule has 0 saturated heterocycles. The largest absolute Gasteiger partial charge is 0.388 e. The lowest BCUT2D eigenvalue weighted by Gasteiger charge is -2.11. The molecule has 14 heavy (non-hydrogen) atoms. The Hall–Kier alpha value is -1.39. The van der Waals surface area contributed by atoms with Gasteiger partial charge in [0.25, 0.3) is 0 Å². The summed E-state index contributed by atoms with van der Waals surface area (Å²) in [6.07, 6.45) is -0.222. The molecule has 1 unspecified atom stereocenters. The Morgan fingerprint density at radius 1 is 1.50 bits per heavy atom. The minimum Gasteiger partial charge on any atom is -0.388 e. The second-order valence-electron chi connectivity index (χ2n) is 2.89. The SMILES string of the molecule is CCC(O)c1ccccc1C(=O)OO. The maximum Gasteiger partial charge on any atom is 0.373 e. The molecule has 0 heterocycles. The maximum atomic E-state index is 11.1. The number of hydrogen-bond acceptors (Lipinski definition) is 4. The van der Waals surface area contributed by atoms with Crippen LogP contribution in [0.1, 0.15) is 35.4 Å². The summed E-state index contributed by atoms with van der Waals surface area (Å²) in [5.41, 5.74) is 0.651. The Kier molecular flexibility index (Phi) is 3.62. The lowest BCUT2D eigenvalue weighted by atomic mass is 10.0. The van der Waals surface area contributed by atoms with Crippen LogP contribution < -0.4 is 0 Å². The minimum absolute atomic E-state index is 0.185. The van der Waals surface area contributed by atoms with Gasteiger partial charge < -0.3 is 5.11 Å². The number of carbonyl (C=O) groups excluding carboxylic acids is 1. The van der Waals surface area contributed by atoms with E-state index in [2.05, 4.69) is 4.89 Å². The van der Waals surface area contributed by atoms with E-state index in [-0.39, 0.29) is 5.56 Å². The van der Waals surface area contributed by atoms with E-state index in [0.717, 1.165) is 0 Å². The van der Waals surface area contributed by atoms with Crippen molar-refractivity contribution < 1.29 is 20.0 Å². The van der Waals surface area contributed by atoms with Crippen LogP contribution in [0.25, 0.3) is 0 Å². The monoisotopic (exact) mass is 196 g/mol. The van der Waals surface area contributed by atoms with Crippen molar-refractivity contribution in [3.63, 3.8) is 0 Å². The molecule has 0 radical (unpaired) electrons. The van der Waals surface area contributed by atoms with Crippen LogP contribution >= 0.6 is 0 Å². The van der Waals surface area contributed by atoms with Crippen LogP contribution in [-0.2, 0) is 4.89 Å². The molecule has 4 nitrogen and oxygen atoms in total. The van der Waals surface area contributed by atoms with Crippen LogP contribution in [0.15, 0.2) is 24.3 Å². The van der Waals surface area contributed by atoms with Crippen molar-refractivity contribution in [3.8, 4) is 0 Å².